The number of halogens is 1. The summed E-state index contributed by atoms with van der Waals surface area (Å²) in [6, 6.07) is 5.62. The van der Waals surface area contributed by atoms with Crippen LogP contribution >= 0.6 is 0 Å². The van der Waals surface area contributed by atoms with Gasteiger partial charge in [-0.1, -0.05) is 0 Å². The van der Waals surface area contributed by atoms with Crippen molar-refractivity contribution in [1.82, 2.24) is 9.88 Å². The van der Waals surface area contributed by atoms with Crippen LogP contribution in [0.3, 0.4) is 0 Å². The van der Waals surface area contributed by atoms with E-state index in [4.69, 9.17) is 10.2 Å². The highest BCUT2D eigenvalue weighted by Crippen LogP contribution is 2.22. The van der Waals surface area contributed by atoms with Crippen molar-refractivity contribution in [1.29, 1.82) is 0 Å². The minimum Gasteiger partial charge on any atom is -0.427 e. The van der Waals surface area contributed by atoms with Crippen LogP contribution in [0.25, 0.3) is 0 Å². The molecule has 2 N–H and O–H groups in total. The van der Waals surface area contributed by atoms with Gasteiger partial charge in [-0.2, -0.15) is 4.98 Å². The lowest BCUT2D eigenvalue weighted by atomic mass is 10.1. The summed E-state index contributed by atoms with van der Waals surface area (Å²) < 4.78 is 18.1. The largest absolute Gasteiger partial charge is 0.427 e. The zero-order valence-electron chi connectivity index (χ0n) is 10.1. The van der Waals surface area contributed by atoms with Gasteiger partial charge in [0.2, 0.25) is 0 Å². The lowest BCUT2D eigenvalue weighted by Gasteiger charge is -2.25. The van der Waals surface area contributed by atoms with Crippen molar-refractivity contribution < 1.29 is 13.6 Å². The number of hydrogen-bond acceptors (Lipinski definition) is 4. The maximum absolute atomic E-state index is 12.8. The van der Waals surface area contributed by atoms with Gasteiger partial charge in [0.05, 0.1) is 12.2 Å². The molecule has 0 saturated heterocycles. The molecule has 2 aromatic rings. The molecule has 0 spiro atoms. The quantitative estimate of drug-likeness (QED) is 0.846. The zero-order valence-corrected chi connectivity index (χ0v) is 10.1. The second-order valence-electron chi connectivity index (χ2n) is 4.41. The average molecular weight is 261 g/mol. The zero-order chi connectivity index (χ0) is 13.4. The Hall–Kier alpha value is -2.37. The van der Waals surface area contributed by atoms with Crippen molar-refractivity contribution in [3.63, 3.8) is 0 Å². The lowest BCUT2D eigenvalue weighted by Crippen LogP contribution is -2.35. The maximum Gasteiger partial charge on any atom is 0.292 e. The molecule has 0 fully saturated rings. The van der Waals surface area contributed by atoms with Crippen molar-refractivity contribution in [2.24, 2.45) is 0 Å². The topological polar surface area (TPSA) is 72.4 Å². The van der Waals surface area contributed by atoms with Crippen molar-refractivity contribution >= 4 is 11.9 Å². The van der Waals surface area contributed by atoms with E-state index in [2.05, 4.69) is 4.98 Å². The second-order valence-corrected chi connectivity index (χ2v) is 4.41. The molecule has 6 heteroatoms. The van der Waals surface area contributed by atoms with Crippen LogP contribution in [-0.2, 0) is 13.0 Å². The summed E-state index contributed by atoms with van der Waals surface area (Å²) in [5, 5.41) is 0. The minimum absolute atomic E-state index is 0.126. The fraction of sp³-hybridized carbons (Fsp3) is 0.231. The number of aromatic nitrogens is 1. The molecular weight excluding hydrogens is 249 g/mol. The number of nitrogens with two attached hydrogens (primary N) is 1. The molecule has 1 amide bonds. The van der Waals surface area contributed by atoms with Gasteiger partial charge in [-0.15, -0.1) is 0 Å². The lowest BCUT2D eigenvalue weighted by molar-refractivity contribution is 0.0720. The number of carbonyl (C=O) groups excluding carboxylic acids is 1. The molecule has 0 radical (unpaired) electrons. The summed E-state index contributed by atoms with van der Waals surface area (Å²) in [6.07, 6.45) is 0.614. The molecule has 1 aromatic heterocycles. The van der Waals surface area contributed by atoms with Gasteiger partial charge in [-0.3, -0.25) is 4.79 Å². The highest BCUT2D eigenvalue weighted by molar-refractivity contribution is 5.94. The van der Waals surface area contributed by atoms with Crippen LogP contribution < -0.4 is 5.73 Å². The van der Waals surface area contributed by atoms with Crippen molar-refractivity contribution in [2.45, 2.75) is 13.0 Å². The van der Waals surface area contributed by atoms with E-state index in [1.54, 1.807) is 4.90 Å². The van der Waals surface area contributed by atoms with Gasteiger partial charge >= 0.3 is 0 Å². The Morgan fingerprint density at radius 2 is 2.11 bits per heavy atom. The summed E-state index contributed by atoms with van der Waals surface area (Å²) in [7, 11) is 0. The van der Waals surface area contributed by atoms with E-state index in [0.29, 0.717) is 30.8 Å². The summed E-state index contributed by atoms with van der Waals surface area (Å²) >= 11 is 0. The summed E-state index contributed by atoms with van der Waals surface area (Å²) in [6.45, 7) is 0.894. The van der Waals surface area contributed by atoms with Crippen LogP contribution in [0, 0.1) is 5.82 Å². The number of anilines is 1. The number of rotatable bonds is 1. The number of benzene rings is 1. The molecular formula is C13H12FN3O2. The summed E-state index contributed by atoms with van der Waals surface area (Å²) in [5.74, 6) is 0.111. The number of hydrogen-bond donors (Lipinski definition) is 1. The smallest absolute Gasteiger partial charge is 0.292 e. The molecule has 1 aliphatic rings. The first-order valence-corrected chi connectivity index (χ1v) is 5.92. The molecule has 5 nitrogen and oxygen atoms in total. The third-order valence-electron chi connectivity index (χ3n) is 3.13. The minimum atomic E-state index is -0.361. The molecule has 3 rings (SSSR count). The fourth-order valence-corrected chi connectivity index (χ4v) is 2.16. The molecule has 1 aromatic carbocycles. The van der Waals surface area contributed by atoms with Gasteiger partial charge in [-0.05, 0) is 24.3 Å². The Bertz CT molecular complexity index is 621. The predicted octanol–water partition coefficient (Wildman–Crippen LogP) is 1.59. The molecule has 0 saturated carbocycles. The molecule has 98 valence electrons. The fourth-order valence-electron chi connectivity index (χ4n) is 2.16. The average Bonchev–Trinajstić information content (AvgIpc) is 2.77. The first-order chi connectivity index (χ1) is 9.13. The van der Waals surface area contributed by atoms with Gasteiger partial charge in [0.15, 0.2) is 0 Å². The SMILES string of the molecule is Nc1nc2c(o1)CN(C(=O)c1ccc(F)cc1)CC2. The van der Waals surface area contributed by atoms with Crippen LogP contribution in [0.2, 0.25) is 0 Å². The van der Waals surface area contributed by atoms with Gasteiger partial charge in [0, 0.05) is 18.5 Å². The number of carbonyl (C=O) groups is 1. The number of nitrogen functional groups attached to an aromatic ring is 1. The van der Waals surface area contributed by atoms with Crippen molar-refractivity contribution in [2.75, 3.05) is 12.3 Å². The van der Waals surface area contributed by atoms with Crippen LogP contribution in [-0.4, -0.2) is 22.3 Å². The third-order valence-corrected chi connectivity index (χ3v) is 3.13. The van der Waals surface area contributed by atoms with E-state index < -0.39 is 0 Å². The van der Waals surface area contributed by atoms with E-state index in [9.17, 15) is 9.18 Å². The van der Waals surface area contributed by atoms with Crippen molar-refractivity contribution in [3.05, 3.63) is 47.1 Å². The Morgan fingerprint density at radius 3 is 2.84 bits per heavy atom. The monoisotopic (exact) mass is 261 g/mol. The van der Waals surface area contributed by atoms with E-state index >= 15 is 0 Å². The number of fused-ring (bicyclic) bond motifs is 1. The molecule has 0 bridgehead atoms. The molecule has 0 aliphatic carbocycles. The van der Waals surface area contributed by atoms with E-state index in [1.807, 2.05) is 0 Å². The van der Waals surface area contributed by atoms with Gasteiger partial charge in [0.25, 0.3) is 11.9 Å². The first-order valence-electron chi connectivity index (χ1n) is 5.92. The Labute approximate surface area is 108 Å². The summed E-state index contributed by atoms with van der Waals surface area (Å²) in [4.78, 5) is 17.9. The Morgan fingerprint density at radius 1 is 1.37 bits per heavy atom. The van der Waals surface area contributed by atoms with Crippen LogP contribution in [0.1, 0.15) is 21.8 Å². The molecule has 19 heavy (non-hydrogen) atoms. The molecule has 0 unspecified atom stereocenters. The normalized spacial score (nSPS) is 14.3. The standard InChI is InChI=1S/C13H12FN3O2/c14-9-3-1-8(2-4-9)12(18)17-6-5-10-11(7-17)19-13(15)16-10/h1-4H,5-7H2,(H2,15,16). The number of nitrogens with zero attached hydrogens (tertiary/aromatic N) is 2. The maximum atomic E-state index is 12.8. The second kappa shape index (κ2) is 4.38. The number of oxazole rings is 1. The predicted molar refractivity (Wildman–Crippen MR) is 65.8 cm³/mol. The third kappa shape index (κ3) is 2.16. The van der Waals surface area contributed by atoms with Gasteiger partial charge in [-0.25, -0.2) is 4.39 Å². The van der Waals surface area contributed by atoms with Crippen LogP contribution in [0.15, 0.2) is 28.7 Å². The number of amides is 1. The Balaban J connectivity index is 1.81. The first kappa shape index (κ1) is 11.7. The van der Waals surface area contributed by atoms with Crippen molar-refractivity contribution in [3.8, 4) is 0 Å². The molecule has 0 atom stereocenters. The van der Waals surface area contributed by atoms with Gasteiger partial charge < -0.3 is 15.1 Å². The molecule has 2 heterocycles. The molecule has 1 aliphatic heterocycles. The highest BCUT2D eigenvalue weighted by atomic mass is 19.1. The summed E-state index contributed by atoms with van der Waals surface area (Å²) in [5.41, 5.74) is 6.75. The van der Waals surface area contributed by atoms with E-state index in [-0.39, 0.29) is 17.7 Å². The van der Waals surface area contributed by atoms with Gasteiger partial charge in [0.1, 0.15) is 11.6 Å². The highest BCUT2D eigenvalue weighted by Gasteiger charge is 2.25. The van der Waals surface area contributed by atoms with Crippen LogP contribution in [0.5, 0.6) is 0 Å². The Kier molecular flexibility index (Phi) is 2.70. The van der Waals surface area contributed by atoms with E-state index in [0.717, 1.165) is 5.69 Å². The van der Waals surface area contributed by atoms with Crippen LogP contribution in [0.4, 0.5) is 10.4 Å². The van der Waals surface area contributed by atoms with E-state index in [1.165, 1.54) is 24.3 Å².